The standard InChI is InChI=1S/C15H18BrN3O2/c1-20-12-8-7-10(15(21-2)13(12)16)14(19-18)9-5-3-4-6-11(9)17/h3-8,14,19H,17-18H2,1-2H3. The van der Waals surface area contributed by atoms with Gasteiger partial charge in [-0.1, -0.05) is 18.2 Å². The van der Waals surface area contributed by atoms with Gasteiger partial charge in [-0.05, 0) is 39.7 Å². The SMILES string of the molecule is COc1ccc(C(NN)c2ccccc2N)c(OC)c1Br. The van der Waals surface area contributed by atoms with Crippen molar-refractivity contribution in [2.75, 3.05) is 20.0 Å². The van der Waals surface area contributed by atoms with E-state index >= 15 is 0 Å². The van der Waals surface area contributed by atoms with Gasteiger partial charge in [0.05, 0.1) is 20.3 Å². The van der Waals surface area contributed by atoms with Gasteiger partial charge in [0.15, 0.2) is 0 Å². The highest BCUT2D eigenvalue weighted by Gasteiger charge is 2.22. The molecular formula is C15H18BrN3O2. The number of rotatable bonds is 5. The second kappa shape index (κ2) is 6.80. The molecule has 6 heteroatoms. The van der Waals surface area contributed by atoms with Crippen LogP contribution in [0.2, 0.25) is 0 Å². The van der Waals surface area contributed by atoms with Gasteiger partial charge in [0.1, 0.15) is 16.0 Å². The number of para-hydroxylation sites is 1. The summed E-state index contributed by atoms with van der Waals surface area (Å²) in [5.74, 6) is 7.08. The monoisotopic (exact) mass is 351 g/mol. The van der Waals surface area contributed by atoms with Crippen LogP contribution in [0.3, 0.4) is 0 Å². The topological polar surface area (TPSA) is 82.5 Å². The first-order chi connectivity index (χ1) is 10.1. The maximum absolute atomic E-state index is 6.05. The molecular weight excluding hydrogens is 334 g/mol. The number of nitrogens with one attached hydrogen (secondary N) is 1. The van der Waals surface area contributed by atoms with Crippen LogP contribution in [-0.2, 0) is 0 Å². The summed E-state index contributed by atoms with van der Waals surface area (Å²) in [5.41, 5.74) is 11.3. The fraction of sp³-hybridized carbons (Fsp3) is 0.200. The number of hydrazine groups is 1. The first-order valence-corrected chi connectivity index (χ1v) is 7.14. The van der Waals surface area contributed by atoms with E-state index in [1.807, 2.05) is 36.4 Å². The third-order valence-electron chi connectivity index (χ3n) is 3.30. The fourth-order valence-electron chi connectivity index (χ4n) is 2.27. The van der Waals surface area contributed by atoms with Gasteiger partial charge < -0.3 is 15.2 Å². The second-order valence-corrected chi connectivity index (χ2v) is 5.23. The van der Waals surface area contributed by atoms with Gasteiger partial charge in [-0.2, -0.15) is 0 Å². The minimum Gasteiger partial charge on any atom is -0.495 e. The Morgan fingerprint density at radius 3 is 2.33 bits per heavy atom. The molecule has 1 atom stereocenters. The van der Waals surface area contributed by atoms with Crippen LogP contribution in [0.1, 0.15) is 17.2 Å². The van der Waals surface area contributed by atoms with Crippen molar-refractivity contribution in [1.82, 2.24) is 5.43 Å². The summed E-state index contributed by atoms with van der Waals surface area (Å²) < 4.78 is 11.5. The van der Waals surface area contributed by atoms with Gasteiger partial charge >= 0.3 is 0 Å². The molecule has 0 aliphatic rings. The molecule has 0 saturated carbocycles. The lowest BCUT2D eigenvalue weighted by atomic mass is 9.97. The van der Waals surface area contributed by atoms with E-state index in [9.17, 15) is 0 Å². The van der Waals surface area contributed by atoms with Gasteiger partial charge in [-0.15, -0.1) is 0 Å². The number of benzene rings is 2. The quantitative estimate of drug-likeness (QED) is 0.438. The highest BCUT2D eigenvalue weighted by Crippen LogP contribution is 2.41. The Labute approximate surface area is 132 Å². The molecule has 0 heterocycles. The van der Waals surface area contributed by atoms with Crippen LogP contribution >= 0.6 is 15.9 Å². The van der Waals surface area contributed by atoms with Crippen LogP contribution in [-0.4, -0.2) is 14.2 Å². The van der Waals surface area contributed by atoms with Crippen LogP contribution in [0, 0.1) is 0 Å². The minimum atomic E-state index is -0.289. The smallest absolute Gasteiger partial charge is 0.141 e. The first-order valence-electron chi connectivity index (χ1n) is 6.35. The van der Waals surface area contributed by atoms with E-state index in [4.69, 9.17) is 21.1 Å². The minimum absolute atomic E-state index is 0.289. The summed E-state index contributed by atoms with van der Waals surface area (Å²) in [7, 11) is 3.21. The number of nitrogens with two attached hydrogens (primary N) is 2. The lowest BCUT2D eigenvalue weighted by molar-refractivity contribution is 0.383. The predicted molar refractivity (Wildman–Crippen MR) is 87.3 cm³/mol. The van der Waals surface area contributed by atoms with Crippen LogP contribution in [0.5, 0.6) is 11.5 Å². The van der Waals surface area contributed by atoms with Crippen LogP contribution in [0.15, 0.2) is 40.9 Å². The van der Waals surface area contributed by atoms with Gasteiger partial charge in [0.2, 0.25) is 0 Å². The highest BCUT2D eigenvalue weighted by molar-refractivity contribution is 9.10. The van der Waals surface area contributed by atoms with E-state index in [1.54, 1.807) is 14.2 Å². The van der Waals surface area contributed by atoms with Gasteiger partial charge in [-0.3, -0.25) is 5.84 Å². The Kier molecular flexibility index (Phi) is 5.06. The molecule has 5 N–H and O–H groups in total. The lowest BCUT2D eigenvalue weighted by Crippen LogP contribution is -2.29. The van der Waals surface area contributed by atoms with Crippen LogP contribution in [0.25, 0.3) is 0 Å². The molecule has 0 aliphatic carbocycles. The Hall–Kier alpha value is -1.76. The summed E-state index contributed by atoms with van der Waals surface area (Å²) in [6.07, 6.45) is 0. The van der Waals surface area contributed by atoms with Crippen molar-refractivity contribution >= 4 is 21.6 Å². The van der Waals surface area contributed by atoms with E-state index in [1.165, 1.54) is 0 Å². The van der Waals surface area contributed by atoms with Crippen molar-refractivity contribution in [2.24, 2.45) is 5.84 Å². The number of anilines is 1. The molecule has 0 aromatic heterocycles. The zero-order chi connectivity index (χ0) is 15.4. The van der Waals surface area contributed by atoms with Crippen molar-refractivity contribution in [2.45, 2.75) is 6.04 Å². The van der Waals surface area contributed by atoms with Gasteiger partial charge in [0.25, 0.3) is 0 Å². The molecule has 2 rings (SSSR count). The molecule has 0 aliphatic heterocycles. The summed E-state index contributed by atoms with van der Waals surface area (Å²) in [6.45, 7) is 0. The van der Waals surface area contributed by atoms with Gasteiger partial charge in [0, 0.05) is 11.3 Å². The summed E-state index contributed by atoms with van der Waals surface area (Å²) in [5, 5.41) is 0. The molecule has 0 radical (unpaired) electrons. The number of hydrogen-bond donors (Lipinski definition) is 3. The van der Waals surface area contributed by atoms with E-state index in [-0.39, 0.29) is 6.04 Å². The number of hydrogen-bond acceptors (Lipinski definition) is 5. The predicted octanol–water partition coefficient (Wildman–Crippen LogP) is 2.60. The normalized spacial score (nSPS) is 12.0. The number of nitrogen functional groups attached to an aromatic ring is 1. The zero-order valence-corrected chi connectivity index (χ0v) is 13.5. The number of ether oxygens (including phenoxy) is 2. The Bertz CT molecular complexity index is 634. The lowest BCUT2D eigenvalue weighted by Gasteiger charge is -2.22. The maximum Gasteiger partial charge on any atom is 0.141 e. The molecule has 0 amide bonds. The highest BCUT2D eigenvalue weighted by atomic mass is 79.9. The first kappa shape index (κ1) is 15.6. The third kappa shape index (κ3) is 2.97. The molecule has 5 nitrogen and oxygen atoms in total. The molecule has 0 spiro atoms. The zero-order valence-electron chi connectivity index (χ0n) is 11.9. The Morgan fingerprint density at radius 1 is 1.05 bits per heavy atom. The molecule has 2 aromatic rings. The molecule has 21 heavy (non-hydrogen) atoms. The van der Waals surface area contributed by atoms with Crippen LogP contribution < -0.4 is 26.5 Å². The van der Waals surface area contributed by atoms with Crippen molar-refractivity contribution in [3.8, 4) is 11.5 Å². The number of methoxy groups -OCH3 is 2. The van der Waals surface area contributed by atoms with Crippen molar-refractivity contribution < 1.29 is 9.47 Å². The van der Waals surface area contributed by atoms with Crippen molar-refractivity contribution in [3.63, 3.8) is 0 Å². The number of halogens is 1. The molecule has 112 valence electrons. The van der Waals surface area contributed by atoms with E-state index in [2.05, 4.69) is 21.4 Å². The van der Waals surface area contributed by atoms with E-state index in [0.717, 1.165) is 15.6 Å². The van der Waals surface area contributed by atoms with Crippen molar-refractivity contribution in [3.05, 3.63) is 52.0 Å². The molecule has 1 unspecified atom stereocenters. The largest absolute Gasteiger partial charge is 0.495 e. The Balaban J connectivity index is 2.58. The average molecular weight is 352 g/mol. The molecule has 0 fully saturated rings. The fourth-order valence-corrected chi connectivity index (χ4v) is 2.95. The van der Waals surface area contributed by atoms with E-state index in [0.29, 0.717) is 17.2 Å². The van der Waals surface area contributed by atoms with Crippen LogP contribution in [0.4, 0.5) is 5.69 Å². The molecule has 0 saturated heterocycles. The average Bonchev–Trinajstić information content (AvgIpc) is 2.50. The van der Waals surface area contributed by atoms with Crippen molar-refractivity contribution in [1.29, 1.82) is 0 Å². The van der Waals surface area contributed by atoms with E-state index < -0.39 is 0 Å². The summed E-state index contributed by atoms with van der Waals surface area (Å²) in [6, 6.07) is 11.0. The molecule has 2 aromatic carbocycles. The summed E-state index contributed by atoms with van der Waals surface area (Å²) in [4.78, 5) is 0. The second-order valence-electron chi connectivity index (χ2n) is 4.43. The maximum atomic E-state index is 6.05. The molecule has 0 bridgehead atoms. The van der Waals surface area contributed by atoms with Gasteiger partial charge in [-0.25, -0.2) is 5.43 Å². The Morgan fingerprint density at radius 2 is 1.76 bits per heavy atom. The summed E-state index contributed by atoms with van der Waals surface area (Å²) >= 11 is 3.49. The third-order valence-corrected chi connectivity index (χ3v) is 4.05.